The molecule has 2 aromatic rings. The van der Waals surface area contributed by atoms with Crippen LogP contribution in [0.4, 0.5) is 10.1 Å². The Balaban J connectivity index is 1.72. The Morgan fingerprint density at radius 3 is 2.50 bits per heavy atom. The molecule has 1 saturated heterocycles. The van der Waals surface area contributed by atoms with E-state index in [2.05, 4.69) is 34.1 Å². The van der Waals surface area contributed by atoms with Crippen LogP contribution in [0.5, 0.6) is 0 Å². The first-order valence-electron chi connectivity index (χ1n) is 7.66. The summed E-state index contributed by atoms with van der Waals surface area (Å²) in [7, 11) is 5.63. The van der Waals surface area contributed by atoms with Gasteiger partial charge in [-0.05, 0) is 43.0 Å². The van der Waals surface area contributed by atoms with Crippen molar-refractivity contribution in [3.8, 4) is 0 Å². The fourth-order valence-corrected chi connectivity index (χ4v) is 2.73. The van der Waals surface area contributed by atoms with Crippen molar-refractivity contribution in [1.29, 1.82) is 0 Å². The molecular weight excluding hydrogens is 274 g/mol. The van der Waals surface area contributed by atoms with Crippen LogP contribution in [-0.4, -0.2) is 25.9 Å². The number of halogens is 1. The second kappa shape index (κ2) is 6.78. The maximum Gasteiger partial charge on any atom is 0.220 e. The largest absolute Gasteiger partial charge is 0.372 e. The summed E-state index contributed by atoms with van der Waals surface area (Å²) in [6.07, 6.45) is 8.76. The van der Waals surface area contributed by atoms with E-state index in [0.717, 1.165) is 18.7 Å². The third kappa shape index (κ3) is 3.56. The zero-order valence-electron chi connectivity index (χ0n) is 12.5. The lowest BCUT2D eigenvalue weighted by Gasteiger charge is -2.28. The fourth-order valence-electron chi connectivity index (χ4n) is 2.73. The molecule has 1 aliphatic heterocycles. The van der Waals surface area contributed by atoms with Crippen molar-refractivity contribution in [3.63, 3.8) is 0 Å². The van der Waals surface area contributed by atoms with Gasteiger partial charge in [0.05, 0.1) is 0 Å². The molecule has 0 N–H and O–H groups in total. The lowest BCUT2D eigenvalue weighted by Crippen LogP contribution is -2.29. The second-order valence-corrected chi connectivity index (χ2v) is 5.62. The Morgan fingerprint density at radius 1 is 1.05 bits per heavy atom. The molecule has 0 unspecified atom stereocenters. The molecule has 110 valence electrons. The van der Waals surface area contributed by atoms with Crippen molar-refractivity contribution in [2.24, 2.45) is 0 Å². The molecule has 0 saturated carbocycles. The zero-order valence-corrected chi connectivity index (χ0v) is 12.5. The maximum absolute atomic E-state index is 13.6. The van der Waals surface area contributed by atoms with Crippen molar-refractivity contribution in [2.75, 3.05) is 18.0 Å². The Bertz CT molecular complexity index is 661. The lowest BCUT2D eigenvalue weighted by atomic mass is 9.97. The molecule has 22 heavy (non-hydrogen) atoms. The maximum atomic E-state index is 13.6. The molecule has 0 amide bonds. The summed E-state index contributed by atoms with van der Waals surface area (Å²) in [4.78, 5) is 6.03. The number of rotatable bonds is 3. The number of aromatic nitrogens is 1. The smallest absolute Gasteiger partial charge is 0.220 e. The van der Waals surface area contributed by atoms with Crippen molar-refractivity contribution in [1.82, 2.24) is 4.98 Å². The van der Waals surface area contributed by atoms with Crippen LogP contribution in [0.2, 0.25) is 0 Å². The number of piperidine rings is 1. The van der Waals surface area contributed by atoms with Gasteiger partial charge in [-0.15, -0.1) is 0 Å². The number of hydrogen-bond donors (Lipinski definition) is 0. The SMILES string of the molecule is [B]c1cnc(F)c(/C=C/c2ccc(N3CCCCC3)cc2)c1. The molecule has 4 heteroatoms. The first-order valence-corrected chi connectivity index (χ1v) is 7.66. The monoisotopic (exact) mass is 292 g/mol. The highest BCUT2D eigenvalue weighted by Crippen LogP contribution is 2.21. The van der Waals surface area contributed by atoms with E-state index in [1.807, 2.05) is 6.08 Å². The lowest BCUT2D eigenvalue weighted by molar-refractivity contribution is 0.578. The minimum absolute atomic E-state index is 0.403. The summed E-state index contributed by atoms with van der Waals surface area (Å²) < 4.78 is 13.6. The molecule has 2 nitrogen and oxygen atoms in total. The van der Waals surface area contributed by atoms with Crippen molar-refractivity contribution >= 4 is 31.1 Å². The van der Waals surface area contributed by atoms with Gasteiger partial charge in [-0.2, -0.15) is 4.39 Å². The average Bonchev–Trinajstić information content (AvgIpc) is 2.57. The molecule has 0 atom stereocenters. The van der Waals surface area contributed by atoms with Gasteiger partial charge in [-0.25, -0.2) is 4.98 Å². The number of benzene rings is 1. The van der Waals surface area contributed by atoms with Crippen LogP contribution in [0.1, 0.15) is 30.4 Å². The molecule has 0 spiro atoms. The Labute approximate surface area is 132 Å². The van der Waals surface area contributed by atoms with Crippen molar-refractivity contribution in [3.05, 3.63) is 53.6 Å². The van der Waals surface area contributed by atoms with Crippen LogP contribution >= 0.6 is 0 Å². The van der Waals surface area contributed by atoms with Crippen LogP contribution < -0.4 is 10.4 Å². The van der Waals surface area contributed by atoms with Gasteiger partial charge in [0.2, 0.25) is 5.95 Å². The Kier molecular flexibility index (Phi) is 4.57. The predicted octanol–water partition coefficient (Wildman–Crippen LogP) is 3.18. The van der Waals surface area contributed by atoms with Crippen LogP contribution in [0.15, 0.2) is 36.5 Å². The highest BCUT2D eigenvalue weighted by Gasteiger charge is 2.10. The Morgan fingerprint density at radius 2 is 1.77 bits per heavy atom. The predicted molar refractivity (Wildman–Crippen MR) is 91.0 cm³/mol. The van der Waals surface area contributed by atoms with Gasteiger partial charge in [-0.1, -0.05) is 29.7 Å². The van der Waals surface area contributed by atoms with E-state index in [9.17, 15) is 4.39 Å². The molecule has 3 rings (SSSR count). The molecule has 1 aliphatic rings. The van der Waals surface area contributed by atoms with Gasteiger partial charge in [0.15, 0.2) is 0 Å². The third-order valence-electron chi connectivity index (χ3n) is 3.96. The zero-order chi connectivity index (χ0) is 15.4. The summed E-state index contributed by atoms with van der Waals surface area (Å²) in [6, 6.07) is 9.94. The fraction of sp³-hybridized carbons (Fsp3) is 0.278. The van der Waals surface area contributed by atoms with E-state index in [-0.39, 0.29) is 0 Å². The van der Waals surface area contributed by atoms with E-state index >= 15 is 0 Å². The van der Waals surface area contributed by atoms with Gasteiger partial charge in [-0.3, -0.25) is 0 Å². The third-order valence-corrected chi connectivity index (χ3v) is 3.96. The van der Waals surface area contributed by atoms with E-state index in [4.69, 9.17) is 7.85 Å². The standard InChI is InChI=1S/C18H18BFN2/c19-16-12-15(18(20)21-13-16)7-4-14-5-8-17(9-6-14)22-10-2-1-3-11-22/h4-9,12-13H,1-3,10-11H2/b7-4+. The van der Waals surface area contributed by atoms with Gasteiger partial charge in [0.25, 0.3) is 0 Å². The first kappa shape index (κ1) is 14.8. The van der Waals surface area contributed by atoms with Gasteiger partial charge < -0.3 is 4.90 Å². The van der Waals surface area contributed by atoms with Crippen LogP contribution in [-0.2, 0) is 0 Å². The summed E-state index contributed by atoms with van der Waals surface area (Å²) >= 11 is 0. The topological polar surface area (TPSA) is 16.1 Å². The number of pyridine rings is 1. The van der Waals surface area contributed by atoms with Gasteiger partial charge in [0.1, 0.15) is 7.85 Å². The highest BCUT2D eigenvalue weighted by atomic mass is 19.1. The first-order chi connectivity index (χ1) is 10.7. The molecular formula is C18H18BFN2. The average molecular weight is 292 g/mol. The van der Waals surface area contributed by atoms with Crippen molar-refractivity contribution in [2.45, 2.75) is 19.3 Å². The molecule has 1 aromatic carbocycles. The number of anilines is 1. The molecule has 0 aliphatic carbocycles. The van der Waals surface area contributed by atoms with Gasteiger partial charge in [0, 0.05) is 30.5 Å². The normalized spacial score (nSPS) is 15.4. The van der Waals surface area contributed by atoms with E-state index in [0.29, 0.717) is 11.0 Å². The molecule has 0 bridgehead atoms. The number of hydrogen-bond acceptors (Lipinski definition) is 2. The van der Waals surface area contributed by atoms with Crippen LogP contribution in [0.25, 0.3) is 12.2 Å². The van der Waals surface area contributed by atoms with E-state index < -0.39 is 5.95 Å². The van der Waals surface area contributed by atoms with E-state index in [1.165, 1.54) is 31.1 Å². The summed E-state index contributed by atoms with van der Waals surface area (Å²) in [5.41, 5.74) is 3.15. The van der Waals surface area contributed by atoms with Crippen LogP contribution in [0, 0.1) is 5.95 Å². The summed E-state index contributed by atoms with van der Waals surface area (Å²) in [6.45, 7) is 2.27. The molecule has 2 heterocycles. The quantitative estimate of drug-likeness (QED) is 0.638. The Hall–Kier alpha value is -2.10. The van der Waals surface area contributed by atoms with Gasteiger partial charge >= 0.3 is 0 Å². The molecule has 2 radical (unpaired) electrons. The summed E-state index contributed by atoms with van der Waals surface area (Å²) in [5, 5.41) is 0. The molecule has 1 fully saturated rings. The highest BCUT2D eigenvalue weighted by molar-refractivity contribution is 6.32. The minimum atomic E-state index is -0.504. The number of nitrogens with zero attached hydrogens (tertiary/aromatic N) is 2. The summed E-state index contributed by atoms with van der Waals surface area (Å²) in [5.74, 6) is -0.504. The minimum Gasteiger partial charge on any atom is -0.372 e. The van der Waals surface area contributed by atoms with Crippen LogP contribution in [0.3, 0.4) is 0 Å². The molecule has 1 aromatic heterocycles. The van der Waals surface area contributed by atoms with E-state index in [1.54, 1.807) is 12.1 Å². The van der Waals surface area contributed by atoms with Crippen molar-refractivity contribution < 1.29 is 4.39 Å². The second-order valence-electron chi connectivity index (χ2n) is 5.62.